The van der Waals surface area contributed by atoms with Crippen LogP contribution in [-0.4, -0.2) is 53.5 Å². The molecule has 2 bridgehead atoms. The van der Waals surface area contributed by atoms with E-state index >= 15 is 0 Å². The number of rotatable bonds is 4. The maximum Gasteiger partial charge on any atom is 0.273 e. The summed E-state index contributed by atoms with van der Waals surface area (Å²) in [4.78, 5) is 21.9. The molecule has 26 heavy (non-hydrogen) atoms. The Labute approximate surface area is 158 Å². The zero-order valence-corrected chi connectivity index (χ0v) is 16.2. The molecule has 0 saturated carbocycles. The fraction of sp³-hybridized carbons (Fsp3) is 0.500. The fourth-order valence-corrected chi connectivity index (χ4v) is 4.74. The monoisotopic (exact) mass is 371 g/mol. The third-order valence-corrected chi connectivity index (χ3v) is 6.23. The average Bonchev–Trinajstić information content (AvgIpc) is 2.90. The van der Waals surface area contributed by atoms with Gasteiger partial charge in [-0.2, -0.15) is 0 Å². The van der Waals surface area contributed by atoms with Gasteiger partial charge in [0.25, 0.3) is 5.91 Å². The van der Waals surface area contributed by atoms with Gasteiger partial charge in [-0.15, -0.1) is 11.3 Å². The lowest BCUT2D eigenvalue weighted by molar-refractivity contribution is 0.0579. The minimum absolute atomic E-state index is 0.107. The van der Waals surface area contributed by atoms with Crippen LogP contribution in [0, 0.1) is 12.8 Å². The summed E-state index contributed by atoms with van der Waals surface area (Å²) in [5.74, 6) is 1.55. The van der Waals surface area contributed by atoms with Crippen molar-refractivity contribution in [2.24, 2.45) is 5.92 Å². The number of carbonyl (C=O) groups is 1. The van der Waals surface area contributed by atoms with Gasteiger partial charge in [-0.1, -0.05) is 12.1 Å². The normalized spacial score (nSPS) is 23.1. The maximum atomic E-state index is 12.9. The third kappa shape index (κ3) is 3.62. The molecule has 0 spiro atoms. The van der Waals surface area contributed by atoms with Gasteiger partial charge in [0.1, 0.15) is 11.4 Å². The second kappa shape index (κ2) is 7.37. The number of nitrogens with zero attached hydrogens (tertiary/aromatic N) is 3. The van der Waals surface area contributed by atoms with Gasteiger partial charge in [0.2, 0.25) is 0 Å². The van der Waals surface area contributed by atoms with Gasteiger partial charge in [0.15, 0.2) is 0 Å². The first-order valence-electron chi connectivity index (χ1n) is 9.21. The number of carbonyl (C=O) groups excluding carboxylic acids is 1. The summed E-state index contributed by atoms with van der Waals surface area (Å²) in [5, 5.41) is 2.85. The summed E-state index contributed by atoms with van der Waals surface area (Å²) in [6.45, 7) is 5.74. The van der Waals surface area contributed by atoms with Crippen LogP contribution < -0.4 is 4.74 Å². The largest absolute Gasteiger partial charge is 0.497 e. The molecule has 3 aliphatic rings. The Morgan fingerprint density at radius 1 is 1.23 bits per heavy atom. The molecule has 5 nitrogen and oxygen atoms in total. The third-order valence-electron chi connectivity index (χ3n) is 5.45. The summed E-state index contributed by atoms with van der Waals surface area (Å²) >= 11 is 1.55. The van der Waals surface area contributed by atoms with Crippen molar-refractivity contribution in [2.45, 2.75) is 32.4 Å². The van der Waals surface area contributed by atoms with Gasteiger partial charge in [-0.05, 0) is 43.4 Å². The van der Waals surface area contributed by atoms with E-state index in [-0.39, 0.29) is 5.91 Å². The molecule has 5 rings (SSSR count). The zero-order valence-electron chi connectivity index (χ0n) is 15.4. The molecule has 0 aliphatic carbocycles. The quantitative estimate of drug-likeness (QED) is 0.828. The number of fused-ring (bicyclic) bond motifs is 4. The number of aryl methyl sites for hydroxylation is 1. The van der Waals surface area contributed by atoms with Gasteiger partial charge in [-0.3, -0.25) is 9.69 Å². The molecule has 3 fully saturated rings. The number of benzene rings is 1. The molecule has 1 aromatic carbocycles. The highest BCUT2D eigenvalue weighted by Crippen LogP contribution is 2.30. The van der Waals surface area contributed by atoms with Crippen LogP contribution in [0.25, 0.3) is 0 Å². The van der Waals surface area contributed by atoms with Gasteiger partial charge < -0.3 is 9.64 Å². The molecule has 6 heteroatoms. The Kier molecular flexibility index (Phi) is 4.96. The highest BCUT2D eigenvalue weighted by molar-refractivity contribution is 7.09. The Hall–Kier alpha value is -1.92. The van der Waals surface area contributed by atoms with E-state index in [0.29, 0.717) is 17.7 Å². The lowest BCUT2D eigenvalue weighted by Crippen LogP contribution is -2.47. The van der Waals surface area contributed by atoms with E-state index in [2.05, 4.69) is 26.9 Å². The van der Waals surface area contributed by atoms with Gasteiger partial charge in [-0.25, -0.2) is 4.98 Å². The van der Waals surface area contributed by atoms with Crippen LogP contribution in [0.4, 0.5) is 0 Å². The molecule has 0 radical (unpaired) electrons. The molecule has 1 amide bonds. The minimum atomic E-state index is 0.107. The first-order chi connectivity index (χ1) is 12.6. The van der Waals surface area contributed by atoms with Crippen molar-refractivity contribution in [3.8, 4) is 5.75 Å². The Balaban J connectivity index is 1.46. The number of hydrogen-bond acceptors (Lipinski definition) is 5. The molecule has 2 atom stereocenters. The highest BCUT2D eigenvalue weighted by Gasteiger charge is 2.37. The van der Waals surface area contributed by atoms with E-state index in [4.69, 9.17) is 4.74 Å². The minimum Gasteiger partial charge on any atom is -0.497 e. The van der Waals surface area contributed by atoms with Crippen LogP contribution >= 0.6 is 11.3 Å². The van der Waals surface area contributed by atoms with E-state index in [1.807, 2.05) is 24.4 Å². The second-order valence-corrected chi connectivity index (χ2v) is 8.41. The molecule has 0 N–H and O–H groups in total. The van der Waals surface area contributed by atoms with Gasteiger partial charge in [0, 0.05) is 37.6 Å². The van der Waals surface area contributed by atoms with Crippen molar-refractivity contribution in [2.75, 3.05) is 26.7 Å². The molecule has 138 valence electrons. The van der Waals surface area contributed by atoms with E-state index in [1.54, 1.807) is 18.4 Å². The number of thiazole rings is 1. The number of piperidine rings is 1. The maximum absolute atomic E-state index is 12.9. The standard InChI is InChI=1S/C20H25N3O2S/c1-14-21-19(13-26-14)20(24)23-11-16-3-6-17(23)12-22(10-16)9-15-4-7-18(25-2)8-5-15/h4-5,7-8,13,16-17H,3,6,9-12H2,1-2H3/t16-,17+/m0/s1. The topological polar surface area (TPSA) is 45.7 Å². The van der Waals surface area contributed by atoms with Crippen molar-refractivity contribution >= 4 is 17.2 Å². The van der Waals surface area contributed by atoms with Crippen LogP contribution in [0.5, 0.6) is 5.75 Å². The lowest BCUT2D eigenvalue weighted by Gasteiger charge is -2.35. The first kappa shape index (κ1) is 17.5. The SMILES string of the molecule is COc1ccc(CN2C[C@@H]3CC[C@H](C2)N(C(=O)c2csc(C)n2)C3)cc1. The Bertz CT molecular complexity index is 774. The van der Waals surface area contributed by atoms with Crippen molar-refractivity contribution in [3.05, 3.63) is 45.9 Å². The summed E-state index contributed by atoms with van der Waals surface area (Å²) in [5.41, 5.74) is 1.90. The number of aromatic nitrogens is 1. The molecule has 1 aromatic heterocycles. The number of amides is 1. The van der Waals surface area contributed by atoms with Crippen LogP contribution in [-0.2, 0) is 6.54 Å². The fourth-order valence-electron chi connectivity index (χ4n) is 4.15. The van der Waals surface area contributed by atoms with Crippen molar-refractivity contribution in [3.63, 3.8) is 0 Å². The molecule has 3 saturated heterocycles. The van der Waals surface area contributed by atoms with Gasteiger partial charge >= 0.3 is 0 Å². The number of methoxy groups -OCH3 is 1. The number of hydrogen-bond donors (Lipinski definition) is 0. The van der Waals surface area contributed by atoms with Crippen molar-refractivity contribution in [1.29, 1.82) is 0 Å². The van der Waals surface area contributed by atoms with Crippen LogP contribution in [0.15, 0.2) is 29.6 Å². The summed E-state index contributed by atoms with van der Waals surface area (Å²) < 4.78 is 5.24. The van der Waals surface area contributed by atoms with Crippen molar-refractivity contribution < 1.29 is 9.53 Å². The van der Waals surface area contributed by atoms with Gasteiger partial charge in [0.05, 0.1) is 12.1 Å². The lowest BCUT2D eigenvalue weighted by atomic mass is 9.95. The Morgan fingerprint density at radius 3 is 2.73 bits per heavy atom. The molecular weight excluding hydrogens is 346 g/mol. The van der Waals surface area contributed by atoms with Crippen LogP contribution in [0.3, 0.4) is 0 Å². The Morgan fingerprint density at radius 2 is 2.04 bits per heavy atom. The van der Waals surface area contributed by atoms with E-state index < -0.39 is 0 Å². The zero-order chi connectivity index (χ0) is 18.1. The highest BCUT2D eigenvalue weighted by atomic mass is 32.1. The number of ether oxygens (including phenoxy) is 1. The second-order valence-electron chi connectivity index (χ2n) is 7.35. The van der Waals surface area contributed by atoms with Crippen molar-refractivity contribution in [1.82, 2.24) is 14.8 Å². The summed E-state index contributed by atoms with van der Waals surface area (Å²) in [6.07, 6.45) is 2.31. The predicted octanol–water partition coefficient (Wildman–Crippen LogP) is 3.20. The summed E-state index contributed by atoms with van der Waals surface area (Å²) in [6, 6.07) is 8.59. The molecular formula is C20H25N3O2S. The molecule has 3 aliphatic heterocycles. The molecule has 2 aromatic rings. The van der Waals surface area contributed by atoms with E-state index in [0.717, 1.165) is 43.4 Å². The van der Waals surface area contributed by atoms with E-state index in [1.165, 1.54) is 12.0 Å². The van der Waals surface area contributed by atoms with Crippen LogP contribution in [0.2, 0.25) is 0 Å². The predicted molar refractivity (Wildman–Crippen MR) is 103 cm³/mol. The van der Waals surface area contributed by atoms with Crippen LogP contribution in [0.1, 0.15) is 33.9 Å². The molecule has 0 unspecified atom stereocenters. The molecule has 4 heterocycles. The first-order valence-corrected chi connectivity index (χ1v) is 10.1. The summed E-state index contributed by atoms with van der Waals surface area (Å²) in [7, 11) is 1.69. The average molecular weight is 372 g/mol. The van der Waals surface area contributed by atoms with E-state index in [9.17, 15) is 4.79 Å². The smallest absolute Gasteiger partial charge is 0.273 e.